The molecular weight excluding hydrogens is 158 g/mol. The molecule has 1 N–H and O–H groups in total. The molecular formula is C12H19N. The Morgan fingerprint density at radius 1 is 1.38 bits per heavy atom. The SMILES string of the molecule is CCC(C)c1ccc(NC)c(C)c1. The molecule has 1 aromatic carbocycles. The summed E-state index contributed by atoms with van der Waals surface area (Å²) in [6.07, 6.45) is 1.21. The molecule has 0 aliphatic heterocycles. The zero-order chi connectivity index (χ0) is 9.84. The van der Waals surface area contributed by atoms with Crippen LogP contribution < -0.4 is 5.32 Å². The van der Waals surface area contributed by atoms with E-state index in [1.807, 2.05) is 7.05 Å². The maximum absolute atomic E-state index is 3.18. The van der Waals surface area contributed by atoms with E-state index in [9.17, 15) is 0 Å². The van der Waals surface area contributed by atoms with E-state index in [1.54, 1.807) is 0 Å². The third-order valence-corrected chi connectivity index (χ3v) is 2.70. The maximum atomic E-state index is 3.18. The Hall–Kier alpha value is -0.980. The average Bonchev–Trinajstić information content (AvgIpc) is 2.16. The van der Waals surface area contributed by atoms with Crippen LogP contribution in [0.4, 0.5) is 5.69 Å². The van der Waals surface area contributed by atoms with Gasteiger partial charge in [0.15, 0.2) is 0 Å². The number of anilines is 1. The average molecular weight is 177 g/mol. The van der Waals surface area contributed by atoms with Crippen LogP contribution in [-0.4, -0.2) is 7.05 Å². The van der Waals surface area contributed by atoms with E-state index < -0.39 is 0 Å². The van der Waals surface area contributed by atoms with E-state index in [2.05, 4.69) is 44.3 Å². The van der Waals surface area contributed by atoms with Crippen molar-refractivity contribution >= 4 is 5.69 Å². The van der Waals surface area contributed by atoms with Crippen LogP contribution >= 0.6 is 0 Å². The van der Waals surface area contributed by atoms with Gasteiger partial charge in [0, 0.05) is 12.7 Å². The summed E-state index contributed by atoms with van der Waals surface area (Å²) in [5, 5.41) is 3.18. The van der Waals surface area contributed by atoms with E-state index in [-0.39, 0.29) is 0 Å². The molecule has 0 saturated heterocycles. The van der Waals surface area contributed by atoms with E-state index >= 15 is 0 Å². The van der Waals surface area contributed by atoms with Crippen LogP contribution in [0.2, 0.25) is 0 Å². The lowest BCUT2D eigenvalue weighted by molar-refractivity contribution is 0.733. The molecule has 1 unspecified atom stereocenters. The van der Waals surface area contributed by atoms with Crippen LogP contribution in [0, 0.1) is 6.92 Å². The number of aryl methyl sites for hydroxylation is 1. The van der Waals surface area contributed by atoms with Crippen molar-refractivity contribution in [1.82, 2.24) is 0 Å². The molecule has 1 aromatic rings. The van der Waals surface area contributed by atoms with Crippen LogP contribution in [0.5, 0.6) is 0 Å². The van der Waals surface area contributed by atoms with Crippen LogP contribution in [0.1, 0.15) is 37.3 Å². The maximum Gasteiger partial charge on any atom is 0.0367 e. The van der Waals surface area contributed by atoms with Crippen molar-refractivity contribution in [2.45, 2.75) is 33.1 Å². The van der Waals surface area contributed by atoms with Gasteiger partial charge in [-0.25, -0.2) is 0 Å². The lowest BCUT2D eigenvalue weighted by Gasteiger charge is -2.12. The molecule has 0 amide bonds. The van der Waals surface area contributed by atoms with E-state index in [0.717, 1.165) is 0 Å². The summed E-state index contributed by atoms with van der Waals surface area (Å²) in [5.41, 5.74) is 4.01. The Bertz CT molecular complexity index is 278. The number of hydrogen-bond acceptors (Lipinski definition) is 1. The Morgan fingerprint density at radius 2 is 2.08 bits per heavy atom. The number of nitrogens with one attached hydrogen (secondary N) is 1. The van der Waals surface area contributed by atoms with Crippen LogP contribution in [0.25, 0.3) is 0 Å². The summed E-state index contributed by atoms with van der Waals surface area (Å²) in [4.78, 5) is 0. The molecule has 1 rings (SSSR count). The third kappa shape index (κ3) is 2.24. The summed E-state index contributed by atoms with van der Waals surface area (Å²) in [6, 6.07) is 6.66. The Labute approximate surface area is 81.2 Å². The van der Waals surface area contributed by atoms with Gasteiger partial charge in [-0.1, -0.05) is 26.0 Å². The van der Waals surface area contributed by atoms with E-state index in [1.165, 1.54) is 23.2 Å². The highest BCUT2D eigenvalue weighted by atomic mass is 14.8. The second-order valence-electron chi connectivity index (χ2n) is 3.63. The molecule has 13 heavy (non-hydrogen) atoms. The van der Waals surface area contributed by atoms with Crippen molar-refractivity contribution in [1.29, 1.82) is 0 Å². The van der Waals surface area contributed by atoms with Gasteiger partial charge in [-0.2, -0.15) is 0 Å². The molecule has 72 valence electrons. The van der Waals surface area contributed by atoms with E-state index in [0.29, 0.717) is 5.92 Å². The first-order valence-corrected chi connectivity index (χ1v) is 4.97. The van der Waals surface area contributed by atoms with Gasteiger partial charge < -0.3 is 5.32 Å². The van der Waals surface area contributed by atoms with Crippen molar-refractivity contribution in [3.63, 3.8) is 0 Å². The number of benzene rings is 1. The van der Waals surface area contributed by atoms with Gasteiger partial charge in [0.25, 0.3) is 0 Å². The molecule has 0 aliphatic rings. The van der Waals surface area contributed by atoms with Gasteiger partial charge in [-0.05, 0) is 36.5 Å². The zero-order valence-electron chi connectivity index (χ0n) is 9.02. The molecule has 0 heterocycles. The normalized spacial score (nSPS) is 12.6. The van der Waals surface area contributed by atoms with Gasteiger partial charge in [0.05, 0.1) is 0 Å². The Balaban J connectivity index is 2.95. The van der Waals surface area contributed by atoms with Gasteiger partial charge in [0.1, 0.15) is 0 Å². The van der Waals surface area contributed by atoms with Gasteiger partial charge >= 0.3 is 0 Å². The molecule has 0 fully saturated rings. The molecule has 0 aromatic heterocycles. The standard InChI is InChI=1S/C12H19N/c1-5-9(2)11-6-7-12(13-4)10(3)8-11/h6-9,13H,5H2,1-4H3. The van der Waals surface area contributed by atoms with Crippen molar-refractivity contribution in [3.05, 3.63) is 29.3 Å². The summed E-state index contributed by atoms with van der Waals surface area (Å²) < 4.78 is 0. The van der Waals surface area contributed by atoms with Crippen molar-refractivity contribution in [2.75, 3.05) is 12.4 Å². The highest BCUT2D eigenvalue weighted by Gasteiger charge is 2.04. The van der Waals surface area contributed by atoms with E-state index in [4.69, 9.17) is 0 Å². The molecule has 1 heteroatoms. The lowest BCUT2D eigenvalue weighted by atomic mass is 9.96. The van der Waals surface area contributed by atoms with Crippen molar-refractivity contribution in [2.24, 2.45) is 0 Å². The monoisotopic (exact) mass is 177 g/mol. The largest absolute Gasteiger partial charge is 0.388 e. The van der Waals surface area contributed by atoms with Gasteiger partial charge in [-0.3, -0.25) is 0 Å². The molecule has 0 saturated carbocycles. The predicted octanol–water partition coefficient (Wildman–Crippen LogP) is 3.55. The second-order valence-corrected chi connectivity index (χ2v) is 3.63. The first-order valence-electron chi connectivity index (χ1n) is 4.97. The predicted molar refractivity (Wildman–Crippen MR) is 59.4 cm³/mol. The first kappa shape index (κ1) is 10.1. The van der Waals surface area contributed by atoms with Crippen LogP contribution in [0.15, 0.2) is 18.2 Å². The highest BCUT2D eigenvalue weighted by Crippen LogP contribution is 2.23. The Morgan fingerprint density at radius 3 is 2.54 bits per heavy atom. The minimum atomic E-state index is 0.671. The fourth-order valence-corrected chi connectivity index (χ4v) is 1.51. The molecule has 1 nitrogen and oxygen atoms in total. The number of rotatable bonds is 3. The highest BCUT2D eigenvalue weighted by molar-refractivity contribution is 5.51. The third-order valence-electron chi connectivity index (χ3n) is 2.70. The molecule has 0 spiro atoms. The van der Waals surface area contributed by atoms with Gasteiger partial charge in [-0.15, -0.1) is 0 Å². The molecule has 0 aliphatic carbocycles. The molecule has 0 radical (unpaired) electrons. The van der Waals surface area contributed by atoms with Crippen molar-refractivity contribution < 1.29 is 0 Å². The fraction of sp³-hybridized carbons (Fsp3) is 0.500. The smallest absolute Gasteiger partial charge is 0.0367 e. The fourth-order valence-electron chi connectivity index (χ4n) is 1.51. The summed E-state index contributed by atoms with van der Waals surface area (Å²) >= 11 is 0. The quantitative estimate of drug-likeness (QED) is 0.744. The van der Waals surface area contributed by atoms with Gasteiger partial charge in [0.2, 0.25) is 0 Å². The minimum absolute atomic E-state index is 0.671. The molecule has 0 bridgehead atoms. The minimum Gasteiger partial charge on any atom is -0.388 e. The number of hydrogen-bond donors (Lipinski definition) is 1. The first-order chi connectivity index (χ1) is 6.19. The summed E-state index contributed by atoms with van der Waals surface area (Å²) in [5.74, 6) is 0.671. The summed E-state index contributed by atoms with van der Waals surface area (Å²) in [7, 11) is 1.96. The Kier molecular flexibility index (Phi) is 3.35. The van der Waals surface area contributed by atoms with Crippen molar-refractivity contribution in [3.8, 4) is 0 Å². The topological polar surface area (TPSA) is 12.0 Å². The second kappa shape index (κ2) is 4.31. The summed E-state index contributed by atoms with van der Waals surface area (Å²) in [6.45, 7) is 6.65. The zero-order valence-corrected chi connectivity index (χ0v) is 9.02. The molecule has 1 atom stereocenters. The van der Waals surface area contributed by atoms with Crippen LogP contribution in [0.3, 0.4) is 0 Å². The van der Waals surface area contributed by atoms with Crippen LogP contribution in [-0.2, 0) is 0 Å². The lowest BCUT2D eigenvalue weighted by Crippen LogP contribution is -1.96.